The van der Waals surface area contributed by atoms with E-state index in [1.54, 1.807) is 4.31 Å². The number of carbonyl (C=O) groups excluding carboxylic acids is 1. The summed E-state index contributed by atoms with van der Waals surface area (Å²) in [5.74, 6) is 0.127. The van der Waals surface area contributed by atoms with Crippen molar-refractivity contribution in [3.8, 4) is 0 Å². The highest BCUT2D eigenvalue weighted by atomic mass is 32.2. The van der Waals surface area contributed by atoms with Crippen LogP contribution in [0.15, 0.2) is 24.3 Å². The molecule has 1 fully saturated rings. The maximum absolute atomic E-state index is 12.4. The van der Waals surface area contributed by atoms with Crippen molar-refractivity contribution < 1.29 is 14.0 Å². The Hall–Kier alpha value is -1.24. The molecular weight excluding hydrogens is 288 g/mol. The summed E-state index contributed by atoms with van der Waals surface area (Å²) in [6.07, 6.45) is 3.41. The van der Waals surface area contributed by atoms with E-state index in [1.165, 1.54) is 19.1 Å². The molecule has 2 rings (SSSR count). The normalized spacial score (nSPS) is 15.0. The zero-order valence-corrected chi connectivity index (χ0v) is 13.4. The number of benzene rings is 1. The van der Waals surface area contributed by atoms with Crippen LogP contribution in [0.1, 0.15) is 24.8 Å². The zero-order valence-electron chi connectivity index (χ0n) is 12.6. The van der Waals surface area contributed by atoms with Crippen LogP contribution in [0.4, 0.5) is 5.69 Å². The Morgan fingerprint density at radius 2 is 1.90 bits per heavy atom. The van der Waals surface area contributed by atoms with Gasteiger partial charge in [-0.2, -0.15) is 0 Å². The summed E-state index contributed by atoms with van der Waals surface area (Å²) in [4.78, 5) is 19.0. The van der Waals surface area contributed by atoms with E-state index in [2.05, 4.69) is 4.89 Å². The Morgan fingerprint density at radius 3 is 2.52 bits per heavy atom. The minimum Gasteiger partial charge on any atom is -0.341 e. The van der Waals surface area contributed by atoms with Crippen LogP contribution in [-0.2, 0) is 14.0 Å². The third-order valence-electron chi connectivity index (χ3n) is 3.50. The molecule has 0 atom stereocenters. The maximum atomic E-state index is 12.4. The van der Waals surface area contributed by atoms with Crippen molar-refractivity contribution >= 4 is 23.8 Å². The van der Waals surface area contributed by atoms with Gasteiger partial charge >= 0.3 is 0 Å². The van der Waals surface area contributed by atoms with Gasteiger partial charge in [0.1, 0.15) is 6.54 Å². The van der Waals surface area contributed by atoms with Crippen molar-refractivity contribution in [2.75, 3.05) is 31.0 Å². The first-order chi connectivity index (χ1) is 10.2. The van der Waals surface area contributed by atoms with E-state index in [1.807, 2.05) is 36.1 Å². The van der Waals surface area contributed by atoms with Gasteiger partial charge in [0.15, 0.2) is 12.2 Å². The van der Waals surface area contributed by atoms with Gasteiger partial charge in [0, 0.05) is 18.8 Å². The van der Waals surface area contributed by atoms with Crippen molar-refractivity contribution in [3.05, 3.63) is 29.8 Å². The minimum atomic E-state index is 0.127. The van der Waals surface area contributed by atoms with Crippen molar-refractivity contribution in [1.82, 2.24) is 4.90 Å². The van der Waals surface area contributed by atoms with Gasteiger partial charge in [-0.3, -0.25) is 9.10 Å². The second kappa shape index (κ2) is 8.26. The fraction of sp³-hybridized carbons (Fsp3) is 0.533. The van der Waals surface area contributed by atoms with Gasteiger partial charge in [-0.25, -0.2) is 4.89 Å². The highest BCUT2D eigenvalue weighted by Gasteiger charge is 2.20. The molecule has 1 saturated heterocycles. The molecule has 0 bridgehead atoms. The van der Waals surface area contributed by atoms with Gasteiger partial charge in [0.2, 0.25) is 5.91 Å². The van der Waals surface area contributed by atoms with E-state index >= 15 is 0 Å². The van der Waals surface area contributed by atoms with Gasteiger partial charge in [0.05, 0.1) is 7.11 Å². The minimum absolute atomic E-state index is 0.127. The molecule has 0 aromatic heterocycles. The van der Waals surface area contributed by atoms with Crippen LogP contribution in [0.25, 0.3) is 0 Å². The number of aryl methyl sites for hydroxylation is 1. The quantitative estimate of drug-likeness (QED) is 0.350. The third-order valence-corrected chi connectivity index (χ3v) is 4.21. The van der Waals surface area contributed by atoms with Gasteiger partial charge in [-0.05, 0) is 38.3 Å². The van der Waals surface area contributed by atoms with Gasteiger partial charge < -0.3 is 4.90 Å². The molecule has 0 spiro atoms. The lowest BCUT2D eigenvalue weighted by Crippen LogP contribution is -2.41. The smallest absolute Gasteiger partial charge is 0.243 e. The van der Waals surface area contributed by atoms with Crippen molar-refractivity contribution in [1.29, 1.82) is 0 Å². The molecule has 21 heavy (non-hydrogen) atoms. The lowest BCUT2D eigenvalue weighted by Gasteiger charge is -2.29. The third kappa shape index (κ3) is 4.91. The Kier molecular flexibility index (Phi) is 6.35. The van der Waals surface area contributed by atoms with Crippen LogP contribution < -0.4 is 4.31 Å². The Labute approximate surface area is 130 Å². The SMILES string of the molecule is COOSN(CC(=O)N1CCCCC1)c1ccc(C)cc1. The number of nitrogens with zero attached hydrogens (tertiary/aromatic N) is 2. The predicted molar refractivity (Wildman–Crippen MR) is 84.6 cm³/mol. The standard InChI is InChI=1S/C15H22N2O3S/c1-13-6-8-14(9-7-13)17(21-20-19-2)12-15(18)16-10-4-3-5-11-16/h6-9H,3-5,10-12H2,1-2H3. The zero-order chi connectivity index (χ0) is 15.1. The number of hydrogen-bond acceptors (Lipinski definition) is 5. The first kappa shape index (κ1) is 16.1. The number of carbonyl (C=O) groups is 1. The lowest BCUT2D eigenvalue weighted by molar-refractivity contribution is -0.160. The molecular formula is C15H22N2O3S. The first-order valence-electron chi connectivity index (χ1n) is 7.20. The molecule has 1 aromatic carbocycles. The van der Waals surface area contributed by atoms with Crippen LogP contribution in [0, 0.1) is 6.92 Å². The van der Waals surface area contributed by atoms with Gasteiger partial charge in [0.25, 0.3) is 0 Å². The van der Waals surface area contributed by atoms with E-state index in [9.17, 15) is 4.79 Å². The molecule has 6 heteroatoms. The van der Waals surface area contributed by atoms with Gasteiger partial charge in [-0.15, -0.1) is 4.33 Å². The molecule has 5 nitrogen and oxygen atoms in total. The summed E-state index contributed by atoms with van der Waals surface area (Å²) < 4.78 is 6.75. The number of piperidine rings is 1. The largest absolute Gasteiger partial charge is 0.341 e. The fourth-order valence-electron chi connectivity index (χ4n) is 2.31. The average Bonchev–Trinajstić information content (AvgIpc) is 2.53. The summed E-state index contributed by atoms with van der Waals surface area (Å²) >= 11 is 1.04. The molecule has 1 heterocycles. The van der Waals surface area contributed by atoms with Crippen molar-refractivity contribution in [3.63, 3.8) is 0 Å². The van der Waals surface area contributed by atoms with E-state index in [0.29, 0.717) is 0 Å². The monoisotopic (exact) mass is 310 g/mol. The Balaban J connectivity index is 2.01. The molecule has 0 aliphatic carbocycles. The number of rotatable bonds is 6. The number of anilines is 1. The average molecular weight is 310 g/mol. The predicted octanol–water partition coefficient (Wildman–Crippen LogP) is 2.96. The van der Waals surface area contributed by atoms with Crippen LogP contribution in [0.2, 0.25) is 0 Å². The molecule has 0 N–H and O–H groups in total. The fourth-order valence-corrected chi connectivity index (χ4v) is 2.81. The van der Waals surface area contributed by atoms with E-state index in [4.69, 9.17) is 4.33 Å². The summed E-state index contributed by atoms with van der Waals surface area (Å²) in [6, 6.07) is 7.98. The molecule has 1 aliphatic heterocycles. The molecule has 0 radical (unpaired) electrons. The van der Waals surface area contributed by atoms with E-state index < -0.39 is 0 Å². The summed E-state index contributed by atoms with van der Waals surface area (Å²) in [6.45, 7) is 4.02. The van der Waals surface area contributed by atoms with Crippen molar-refractivity contribution in [2.24, 2.45) is 0 Å². The molecule has 0 saturated carbocycles. The highest BCUT2D eigenvalue weighted by Crippen LogP contribution is 2.24. The molecule has 116 valence electrons. The van der Waals surface area contributed by atoms with Crippen molar-refractivity contribution in [2.45, 2.75) is 26.2 Å². The number of hydrogen-bond donors (Lipinski definition) is 0. The Morgan fingerprint density at radius 1 is 1.24 bits per heavy atom. The highest BCUT2D eigenvalue weighted by molar-refractivity contribution is 7.96. The summed E-state index contributed by atoms with van der Waals surface area (Å²) in [5, 5.41) is 0. The second-order valence-electron chi connectivity index (χ2n) is 5.12. The van der Waals surface area contributed by atoms with Crippen LogP contribution in [-0.4, -0.2) is 37.6 Å². The number of likely N-dealkylation sites (tertiary alicyclic amines) is 1. The summed E-state index contributed by atoms with van der Waals surface area (Å²) in [5.41, 5.74) is 2.10. The van der Waals surface area contributed by atoms with Crippen LogP contribution in [0.5, 0.6) is 0 Å². The van der Waals surface area contributed by atoms with Crippen LogP contribution in [0.3, 0.4) is 0 Å². The maximum Gasteiger partial charge on any atom is 0.243 e. The van der Waals surface area contributed by atoms with E-state index in [0.717, 1.165) is 43.8 Å². The lowest BCUT2D eigenvalue weighted by atomic mass is 10.1. The van der Waals surface area contributed by atoms with Gasteiger partial charge in [-0.1, -0.05) is 17.7 Å². The Bertz CT molecular complexity index is 447. The molecule has 1 aromatic rings. The van der Waals surface area contributed by atoms with E-state index in [-0.39, 0.29) is 12.5 Å². The molecule has 1 amide bonds. The molecule has 0 unspecified atom stereocenters. The topological polar surface area (TPSA) is 42.0 Å². The second-order valence-corrected chi connectivity index (χ2v) is 5.85. The van der Waals surface area contributed by atoms with Crippen LogP contribution >= 0.6 is 12.2 Å². The summed E-state index contributed by atoms with van der Waals surface area (Å²) in [7, 11) is 1.45. The number of amides is 1. The molecule has 1 aliphatic rings. The first-order valence-corrected chi connectivity index (χ1v) is 7.90.